The standard InChI is InChI=1S/C23H28N6O/c1-3-24-23(28(2)17-19-9-5-4-6-10-19)25-16-20-11-7-12-21(15-20)27-22(30)18-29-14-8-13-26-29/h4-15H,3,16-18H2,1-2H3,(H,24,25)(H,27,30). The van der Waals surface area contributed by atoms with E-state index >= 15 is 0 Å². The van der Waals surface area contributed by atoms with Gasteiger partial charge in [0.1, 0.15) is 6.54 Å². The molecule has 2 aromatic carbocycles. The molecule has 156 valence electrons. The van der Waals surface area contributed by atoms with E-state index in [2.05, 4.69) is 39.7 Å². The minimum absolute atomic E-state index is 0.115. The lowest BCUT2D eigenvalue weighted by molar-refractivity contribution is -0.116. The molecular formula is C23H28N6O. The number of carbonyl (C=O) groups is 1. The van der Waals surface area contributed by atoms with Gasteiger partial charge >= 0.3 is 0 Å². The molecule has 0 aliphatic heterocycles. The van der Waals surface area contributed by atoms with Crippen LogP contribution in [-0.4, -0.2) is 40.1 Å². The first-order valence-electron chi connectivity index (χ1n) is 10.0. The third kappa shape index (κ3) is 6.48. The summed E-state index contributed by atoms with van der Waals surface area (Å²) in [4.78, 5) is 19.1. The maximum atomic E-state index is 12.2. The van der Waals surface area contributed by atoms with Gasteiger partial charge in [-0.1, -0.05) is 42.5 Å². The maximum Gasteiger partial charge on any atom is 0.246 e. The minimum atomic E-state index is -0.115. The normalized spacial score (nSPS) is 11.2. The van der Waals surface area contributed by atoms with Gasteiger partial charge in [0.05, 0.1) is 6.54 Å². The van der Waals surface area contributed by atoms with Crippen LogP contribution in [0.15, 0.2) is 78.0 Å². The second kappa shape index (κ2) is 10.8. The van der Waals surface area contributed by atoms with Crippen molar-refractivity contribution in [1.82, 2.24) is 20.0 Å². The molecule has 0 aliphatic rings. The summed E-state index contributed by atoms with van der Waals surface area (Å²) >= 11 is 0. The highest BCUT2D eigenvalue weighted by Crippen LogP contribution is 2.12. The molecule has 0 bridgehead atoms. The molecule has 0 unspecified atom stereocenters. The number of nitrogens with zero attached hydrogens (tertiary/aromatic N) is 4. The van der Waals surface area contributed by atoms with Gasteiger partial charge in [-0.3, -0.25) is 9.48 Å². The van der Waals surface area contributed by atoms with Crippen LogP contribution < -0.4 is 10.6 Å². The van der Waals surface area contributed by atoms with Crippen molar-refractivity contribution in [1.29, 1.82) is 0 Å². The minimum Gasteiger partial charge on any atom is -0.357 e. The number of carbonyl (C=O) groups excluding carboxylic acids is 1. The van der Waals surface area contributed by atoms with Crippen molar-refractivity contribution < 1.29 is 4.79 Å². The van der Waals surface area contributed by atoms with Gasteiger partial charge in [-0.05, 0) is 36.2 Å². The molecule has 0 saturated carbocycles. The van der Waals surface area contributed by atoms with Crippen LogP contribution in [0.25, 0.3) is 0 Å². The Bertz CT molecular complexity index is 953. The summed E-state index contributed by atoms with van der Waals surface area (Å²) < 4.78 is 1.59. The van der Waals surface area contributed by atoms with Crippen LogP contribution in [0.4, 0.5) is 5.69 Å². The second-order valence-corrected chi connectivity index (χ2v) is 6.96. The number of rotatable bonds is 8. The van der Waals surface area contributed by atoms with Gasteiger partial charge in [-0.2, -0.15) is 5.10 Å². The topological polar surface area (TPSA) is 74.5 Å². The SMILES string of the molecule is CCNC(=NCc1cccc(NC(=O)Cn2cccn2)c1)N(C)Cc1ccccc1. The molecule has 0 radical (unpaired) electrons. The van der Waals surface area contributed by atoms with Crippen molar-refractivity contribution >= 4 is 17.6 Å². The summed E-state index contributed by atoms with van der Waals surface area (Å²) in [6.45, 7) is 4.33. The molecule has 7 nitrogen and oxygen atoms in total. The first kappa shape index (κ1) is 21.1. The Morgan fingerprint density at radius 3 is 2.63 bits per heavy atom. The highest BCUT2D eigenvalue weighted by Gasteiger charge is 2.07. The van der Waals surface area contributed by atoms with Gasteiger partial charge in [-0.25, -0.2) is 4.99 Å². The highest BCUT2D eigenvalue weighted by molar-refractivity contribution is 5.90. The zero-order valence-electron chi connectivity index (χ0n) is 17.5. The van der Waals surface area contributed by atoms with E-state index in [9.17, 15) is 4.79 Å². The summed E-state index contributed by atoms with van der Waals surface area (Å²) in [5.41, 5.74) is 3.00. The highest BCUT2D eigenvalue weighted by atomic mass is 16.2. The molecule has 7 heteroatoms. The van der Waals surface area contributed by atoms with Crippen molar-refractivity contribution in [2.75, 3.05) is 18.9 Å². The second-order valence-electron chi connectivity index (χ2n) is 6.96. The predicted octanol–water partition coefficient (Wildman–Crippen LogP) is 3.12. The van der Waals surface area contributed by atoms with Gasteiger partial charge in [0, 0.05) is 38.2 Å². The summed E-state index contributed by atoms with van der Waals surface area (Å²) in [5.74, 6) is 0.727. The molecule has 1 heterocycles. The Morgan fingerprint density at radius 1 is 1.10 bits per heavy atom. The monoisotopic (exact) mass is 404 g/mol. The van der Waals surface area contributed by atoms with E-state index in [0.29, 0.717) is 6.54 Å². The lowest BCUT2D eigenvalue weighted by atomic mass is 10.2. The number of anilines is 1. The molecule has 0 atom stereocenters. The van der Waals surface area contributed by atoms with Crippen molar-refractivity contribution in [3.8, 4) is 0 Å². The zero-order valence-corrected chi connectivity index (χ0v) is 17.5. The molecule has 0 aliphatic carbocycles. The van der Waals surface area contributed by atoms with E-state index in [1.54, 1.807) is 23.1 Å². The van der Waals surface area contributed by atoms with Crippen LogP contribution in [0.2, 0.25) is 0 Å². The van der Waals surface area contributed by atoms with Gasteiger partial charge in [0.25, 0.3) is 0 Å². The number of guanidine groups is 1. The molecule has 1 amide bonds. The van der Waals surface area contributed by atoms with E-state index in [4.69, 9.17) is 4.99 Å². The fourth-order valence-electron chi connectivity index (χ4n) is 3.06. The Hall–Kier alpha value is -3.61. The van der Waals surface area contributed by atoms with Crippen molar-refractivity contribution in [3.63, 3.8) is 0 Å². The smallest absolute Gasteiger partial charge is 0.246 e. The van der Waals surface area contributed by atoms with Gasteiger partial charge in [0.15, 0.2) is 5.96 Å². The van der Waals surface area contributed by atoms with Crippen LogP contribution in [0, 0.1) is 0 Å². The van der Waals surface area contributed by atoms with Crippen LogP contribution in [0.3, 0.4) is 0 Å². The summed E-state index contributed by atoms with van der Waals surface area (Å²) in [6, 6.07) is 19.9. The fourth-order valence-corrected chi connectivity index (χ4v) is 3.06. The molecule has 30 heavy (non-hydrogen) atoms. The van der Waals surface area contributed by atoms with Crippen LogP contribution in [-0.2, 0) is 24.4 Å². The largest absolute Gasteiger partial charge is 0.357 e. The van der Waals surface area contributed by atoms with E-state index < -0.39 is 0 Å². The lowest BCUT2D eigenvalue weighted by Gasteiger charge is -2.22. The van der Waals surface area contributed by atoms with Gasteiger partial charge in [0.2, 0.25) is 5.91 Å². The Morgan fingerprint density at radius 2 is 1.90 bits per heavy atom. The zero-order chi connectivity index (χ0) is 21.2. The van der Waals surface area contributed by atoms with Crippen LogP contribution in [0.1, 0.15) is 18.1 Å². The number of amides is 1. The first-order valence-corrected chi connectivity index (χ1v) is 10.0. The van der Waals surface area contributed by atoms with E-state index in [0.717, 1.165) is 30.3 Å². The summed E-state index contributed by atoms with van der Waals surface area (Å²) in [7, 11) is 2.03. The predicted molar refractivity (Wildman–Crippen MR) is 120 cm³/mol. The third-order valence-corrected chi connectivity index (χ3v) is 4.45. The van der Waals surface area contributed by atoms with Crippen molar-refractivity contribution in [2.45, 2.75) is 26.6 Å². The number of aromatic nitrogens is 2. The molecular weight excluding hydrogens is 376 g/mol. The van der Waals surface area contributed by atoms with Crippen molar-refractivity contribution in [2.24, 2.45) is 4.99 Å². The van der Waals surface area contributed by atoms with E-state index in [1.807, 2.05) is 49.5 Å². The number of hydrogen-bond donors (Lipinski definition) is 2. The molecule has 0 saturated heterocycles. The average molecular weight is 405 g/mol. The fraction of sp³-hybridized carbons (Fsp3) is 0.261. The number of nitrogens with one attached hydrogen (secondary N) is 2. The molecule has 3 aromatic rings. The first-order chi connectivity index (χ1) is 14.6. The Kier molecular flexibility index (Phi) is 7.60. The Labute approximate surface area is 177 Å². The number of hydrogen-bond acceptors (Lipinski definition) is 3. The molecule has 0 fully saturated rings. The average Bonchev–Trinajstić information content (AvgIpc) is 3.25. The lowest BCUT2D eigenvalue weighted by Crippen LogP contribution is -2.38. The molecule has 0 spiro atoms. The molecule has 1 aromatic heterocycles. The maximum absolute atomic E-state index is 12.2. The molecule has 3 rings (SSSR count). The van der Waals surface area contributed by atoms with E-state index in [-0.39, 0.29) is 12.5 Å². The molecule has 2 N–H and O–H groups in total. The summed E-state index contributed by atoms with van der Waals surface area (Å²) in [6.07, 6.45) is 3.42. The Balaban J connectivity index is 1.62. The number of benzene rings is 2. The van der Waals surface area contributed by atoms with Crippen molar-refractivity contribution in [3.05, 3.63) is 84.2 Å². The van der Waals surface area contributed by atoms with Gasteiger partial charge in [-0.15, -0.1) is 0 Å². The van der Waals surface area contributed by atoms with Crippen LogP contribution in [0.5, 0.6) is 0 Å². The summed E-state index contributed by atoms with van der Waals surface area (Å²) in [5, 5.41) is 10.3. The van der Waals surface area contributed by atoms with E-state index in [1.165, 1.54) is 5.56 Å². The quantitative estimate of drug-likeness (QED) is 0.447. The third-order valence-electron chi connectivity index (χ3n) is 4.45. The van der Waals surface area contributed by atoms with Gasteiger partial charge < -0.3 is 15.5 Å². The van der Waals surface area contributed by atoms with Crippen LogP contribution >= 0.6 is 0 Å². The number of aliphatic imine (C=N–C) groups is 1.